The van der Waals surface area contributed by atoms with Gasteiger partial charge in [0.15, 0.2) is 0 Å². The van der Waals surface area contributed by atoms with Gasteiger partial charge in [-0.2, -0.15) is 0 Å². The van der Waals surface area contributed by atoms with Crippen LogP contribution in [0.2, 0.25) is 0 Å². The minimum absolute atomic E-state index is 0.0702. The number of amides is 1. The maximum atomic E-state index is 12.2. The van der Waals surface area contributed by atoms with Crippen molar-refractivity contribution < 1.29 is 14.0 Å². The Morgan fingerprint density at radius 1 is 1.33 bits per heavy atom. The van der Waals surface area contributed by atoms with Crippen molar-refractivity contribution in [3.8, 4) is 0 Å². The lowest BCUT2D eigenvalue weighted by molar-refractivity contribution is -0.114. The molecule has 0 spiro atoms. The Hall–Kier alpha value is -1.23. The largest absolute Gasteiger partial charge is 0.302 e. The molecule has 0 aliphatic carbocycles. The maximum Gasteiger partial charge on any atom is 0.299 e. The first kappa shape index (κ1) is 10.3. The minimum atomic E-state index is -0.658. The summed E-state index contributed by atoms with van der Waals surface area (Å²) in [6, 6.07) is 4.93. The molecule has 1 aromatic carbocycles. The second-order valence-corrected chi connectivity index (χ2v) is 4.05. The smallest absolute Gasteiger partial charge is 0.299 e. The minimum Gasteiger partial charge on any atom is -0.302 e. The van der Waals surface area contributed by atoms with E-state index in [1.165, 1.54) is 4.90 Å². The summed E-state index contributed by atoms with van der Waals surface area (Å²) in [6.45, 7) is -0.728. The van der Waals surface area contributed by atoms with E-state index < -0.39 is 18.4 Å². The van der Waals surface area contributed by atoms with Gasteiger partial charge in [-0.3, -0.25) is 9.59 Å². The zero-order valence-electron chi connectivity index (χ0n) is 7.67. The van der Waals surface area contributed by atoms with Gasteiger partial charge < -0.3 is 4.90 Å². The number of anilines is 1. The van der Waals surface area contributed by atoms with Crippen LogP contribution in [0.5, 0.6) is 0 Å². The van der Waals surface area contributed by atoms with E-state index in [-0.39, 0.29) is 6.54 Å². The number of halogens is 2. The van der Waals surface area contributed by atoms with Gasteiger partial charge in [-0.05, 0) is 18.2 Å². The molecule has 3 nitrogen and oxygen atoms in total. The Kier molecular flexibility index (Phi) is 2.56. The number of alkyl halides is 1. The summed E-state index contributed by atoms with van der Waals surface area (Å²) in [5.41, 5.74) is 0.827. The highest BCUT2D eigenvalue weighted by atomic mass is 79.9. The third-order valence-electron chi connectivity index (χ3n) is 2.24. The molecule has 1 aliphatic rings. The van der Waals surface area contributed by atoms with Gasteiger partial charge in [0.1, 0.15) is 6.67 Å². The summed E-state index contributed by atoms with van der Waals surface area (Å²) in [6.07, 6.45) is 0. The van der Waals surface area contributed by atoms with Gasteiger partial charge >= 0.3 is 0 Å². The van der Waals surface area contributed by atoms with Gasteiger partial charge in [0.25, 0.3) is 11.7 Å². The molecule has 1 amide bonds. The van der Waals surface area contributed by atoms with E-state index in [0.717, 1.165) is 4.47 Å². The molecule has 0 atom stereocenters. The van der Waals surface area contributed by atoms with E-state index in [2.05, 4.69) is 15.9 Å². The van der Waals surface area contributed by atoms with Crippen LogP contribution in [0.3, 0.4) is 0 Å². The number of Topliss-reactive ketones (excluding diaryl/α,β-unsaturated/α-hetero) is 1. The summed E-state index contributed by atoms with van der Waals surface area (Å²) >= 11 is 3.22. The number of ketones is 1. The highest BCUT2D eigenvalue weighted by Crippen LogP contribution is 2.30. The van der Waals surface area contributed by atoms with Crippen LogP contribution < -0.4 is 4.90 Å². The molecular weight excluding hydrogens is 265 g/mol. The lowest BCUT2D eigenvalue weighted by Gasteiger charge is -2.13. The molecule has 5 heteroatoms. The predicted molar refractivity (Wildman–Crippen MR) is 56.8 cm³/mol. The number of benzene rings is 1. The van der Waals surface area contributed by atoms with Crippen molar-refractivity contribution in [2.75, 3.05) is 18.1 Å². The molecule has 0 fully saturated rings. The summed E-state index contributed by atoms with van der Waals surface area (Å²) < 4.78 is 12.9. The SMILES string of the molecule is O=C1C(=O)N(CCF)c2ccc(Br)cc21. The van der Waals surface area contributed by atoms with Crippen molar-refractivity contribution in [2.24, 2.45) is 0 Å². The molecule has 78 valence electrons. The normalized spacial score (nSPS) is 14.7. The molecule has 0 N–H and O–H groups in total. The van der Waals surface area contributed by atoms with Crippen LogP contribution in [0.15, 0.2) is 22.7 Å². The maximum absolute atomic E-state index is 12.2. The lowest BCUT2D eigenvalue weighted by Crippen LogP contribution is -2.31. The first-order valence-electron chi connectivity index (χ1n) is 4.37. The van der Waals surface area contributed by atoms with Crippen molar-refractivity contribution in [3.05, 3.63) is 28.2 Å². The van der Waals surface area contributed by atoms with Crippen LogP contribution in [0.1, 0.15) is 10.4 Å². The average Bonchev–Trinajstić information content (AvgIpc) is 2.44. The van der Waals surface area contributed by atoms with Crippen molar-refractivity contribution >= 4 is 33.3 Å². The van der Waals surface area contributed by atoms with Gasteiger partial charge in [0.2, 0.25) is 0 Å². The zero-order chi connectivity index (χ0) is 11.0. The molecular formula is C10H7BrFNO2. The van der Waals surface area contributed by atoms with Crippen LogP contribution in [0.4, 0.5) is 10.1 Å². The Balaban J connectivity index is 2.50. The summed E-state index contributed by atoms with van der Waals surface area (Å²) in [5, 5.41) is 0. The molecule has 0 unspecified atom stereocenters. The van der Waals surface area contributed by atoms with Crippen LogP contribution in [-0.4, -0.2) is 24.9 Å². The molecule has 0 bridgehead atoms. The third-order valence-corrected chi connectivity index (χ3v) is 2.73. The quantitative estimate of drug-likeness (QED) is 0.771. The number of hydrogen-bond donors (Lipinski definition) is 0. The number of nitrogens with zero attached hydrogens (tertiary/aromatic N) is 1. The molecule has 0 saturated carbocycles. The third kappa shape index (κ3) is 1.56. The van der Waals surface area contributed by atoms with Crippen molar-refractivity contribution in [3.63, 3.8) is 0 Å². The number of fused-ring (bicyclic) bond motifs is 1. The molecule has 15 heavy (non-hydrogen) atoms. The van der Waals surface area contributed by atoms with E-state index in [1.807, 2.05) is 0 Å². The van der Waals surface area contributed by atoms with E-state index in [4.69, 9.17) is 0 Å². The van der Waals surface area contributed by atoms with Crippen molar-refractivity contribution in [2.45, 2.75) is 0 Å². The molecule has 0 aromatic heterocycles. The molecule has 0 radical (unpaired) electrons. The Morgan fingerprint density at radius 2 is 2.07 bits per heavy atom. The fraction of sp³-hybridized carbons (Fsp3) is 0.200. The molecule has 1 heterocycles. The first-order valence-corrected chi connectivity index (χ1v) is 5.16. The lowest BCUT2D eigenvalue weighted by atomic mass is 10.1. The second kappa shape index (κ2) is 3.73. The van der Waals surface area contributed by atoms with Crippen LogP contribution in [0, 0.1) is 0 Å². The number of rotatable bonds is 2. The first-order chi connectivity index (χ1) is 7.15. The topological polar surface area (TPSA) is 37.4 Å². The van der Waals surface area contributed by atoms with E-state index >= 15 is 0 Å². The second-order valence-electron chi connectivity index (χ2n) is 3.14. The fourth-order valence-corrected chi connectivity index (χ4v) is 1.94. The molecule has 1 aromatic rings. The molecule has 0 saturated heterocycles. The van der Waals surface area contributed by atoms with Gasteiger partial charge in [-0.1, -0.05) is 15.9 Å². The zero-order valence-corrected chi connectivity index (χ0v) is 9.25. The van der Waals surface area contributed by atoms with Crippen LogP contribution in [-0.2, 0) is 4.79 Å². The highest BCUT2D eigenvalue weighted by Gasteiger charge is 2.35. The Morgan fingerprint density at radius 3 is 2.73 bits per heavy atom. The number of hydrogen-bond acceptors (Lipinski definition) is 2. The van der Waals surface area contributed by atoms with Gasteiger partial charge in [0, 0.05) is 4.47 Å². The summed E-state index contributed by atoms with van der Waals surface area (Å²) in [7, 11) is 0. The highest BCUT2D eigenvalue weighted by molar-refractivity contribution is 9.10. The van der Waals surface area contributed by atoms with Crippen LogP contribution >= 0.6 is 15.9 Å². The van der Waals surface area contributed by atoms with Crippen molar-refractivity contribution in [1.82, 2.24) is 0 Å². The summed E-state index contributed by atoms with van der Waals surface area (Å²) in [5.74, 6) is -1.22. The van der Waals surface area contributed by atoms with E-state index in [9.17, 15) is 14.0 Å². The van der Waals surface area contributed by atoms with Gasteiger partial charge in [0.05, 0.1) is 17.8 Å². The van der Waals surface area contributed by atoms with Gasteiger partial charge in [-0.25, -0.2) is 4.39 Å². The van der Waals surface area contributed by atoms with E-state index in [0.29, 0.717) is 11.3 Å². The molecule has 1 aliphatic heterocycles. The number of carbonyl (C=O) groups is 2. The monoisotopic (exact) mass is 271 g/mol. The van der Waals surface area contributed by atoms with Crippen molar-refractivity contribution in [1.29, 1.82) is 0 Å². The van der Waals surface area contributed by atoms with E-state index in [1.54, 1.807) is 18.2 Å². The van der Waals surface area contributed by atoms with Gasteiger partial charge in [-0.15, -0.1) is 0 Å². The predicted octanol–water partition coefficient (Wildman–Crippen LogP) is 1.95. The summed E-state index contributed by atoms with van der Waals surface area (Å²) in [4.78, 5) is 24.1. The Labute approximate surface area is 94.0 Å². The molecule has 2 rings (SSSR count). The number of carbonyl (C=O) groups excluding carboxylic acids is 2. The average molecular weight is 272 g/mol. The fourth-order valence-electron chi connectivity index (χ4n) is 1.58. The Bertz CT molecular complexity index is 447. The van der Waals surface area contributed by atoms with Crippen LogP contribution in [0.25, 0.3) is 0 Å². The standard InChI is InChI=1S/C10H7BrFNO2/c11-6-1-2-8-7(5-6)9(14)10(15)13(8)4-3-12/h1-2,5H,3-4H2.